The van der Waals surface area contributed by atoms with E-state index < -0.39 is 0 Å². The molecule has 0 aromatic heterocycles. The molecule has 0 saturated heterocycles. The summed E-state index contributed by atoms with van der Waals surface area (Å²) in [4.78, 5) is 0. The molecule has 4 rings (SSSR count). The van der Waals surface area contributed by atoms with Crippen LogP contribution in [0.15, 0.2) is 72.3 Å². The Labute approximate surface area is 206 Å². The molecule has 3 heteroatoms. The molecule has 29 heavy (non-hydrogen) atoms. The van der Waals surface area contributed by atoms with E-state index in [1.807, 2.05) is 0 Å². The van der Waals surface area contributed by atoms with Crippen molar-refractivity contribution in [2.45, 2.75) is 27.7 Å². The van der Waals surface area contributed by atoms with Gasteiger partial charge in [-0.1, -0.05) is 75.4 Å². The van der Waals surface area contributed by atoms with Crippen LogP contribution in [0, 0.1) is 32.3 Å². The first-order valence-electron chi connectivity index (χ1n) is 8.65. The van der Waals surface area contributed by atoms with Gasteiger partial charge in [0, 0.05) is 0 Å². The van der Waals surface area contributed by atoms with E-state index in [-0.39, 0.29) is 39.7 Å². The molecule has 0 saturated carbocycles. The van der Waals surface area contributed by atoms with Crippen LogP contribution >= 0.6 is 0 Å². The number of rotatable bonds is 0. The van der Waals surface area contributed by atoms with E-state index in [9.17, 15) is 0 Å². The Hall–Kier alpha value is -0.877. The predicted molar refractivity (Wildman–Crippen MR) is 122 cm³/mol. The summed E-state index contributed by atoms with van der Waals surface area (Å²) >= 11 is 1.30. The number of fused-ring (bicyclic) bond motifs is 3. The van der Waals surface area contributed by atoms with Crippen molar-refractivity contribution in [3.8, 4) is 0 Å². The molecule has 0 bridgehead atoms. The molecule has 1 aliphatic carbocycles. The molecule has 0 N–H and O–H groups in total. The Kier molecular flexibility index (Phi) is 17.0. The Balaban J connectivity index is -0.000000390. The van der Waals surface area contributed by atoms with Gasteiger partial charge in [0.25, 0.3) is 0 Å². The molecule has 0 nitrogen and oxygen atoms in total. The second-order valence-electron chi connectivity index (χ2n) is 7.29. The molecule has 1 atom stereocenters. The monoisotopic (exact) mass is 504 g/mol. The summed E-state index contributed by atoms with van der Waals surface area (Å²) in [5, 5.41) is 5.39. The minimum Gasteiger partial charge on any atom is -1.00 e. The number of allylic oxidation sites excluding steroid dienone is 4. The first-order chi connectivity index (χ1) is 11.9. The fourth-order valence-electron chi connectivity index (χ4n) is 2.96. The quantitative estimate of drug-likeness (QED) is 0.406. The largest absolute Gasteiger partial charge is 1.00 e. The Bertz CT molecular complexity index is 847. The minimum atomic E-state index is 0. The number of hydrogen-bond acceptors (Lipinski definition) is 0. The van der Waals surface area contributed by atoms with Crippen molar-refractivity contribution in [3.05, 3.63) is 93.3 Å². The maximum absolute atomic E-state index is 3.34. The van der Waals surface area contributed by atoms with Crippen LogP contribution in [0.1, 0.15) is 27.7 Å². The maximum atomic E-state index is 3.34. The smallest absolute Gasteiger partial charge is 0.0771 e. The summed E-state index contributed by atoms with van der Waals surface area (Å²) in [6.45, 7) is 8.86. The molecular formula is C26H32Cl2Zr-4. The van der Waals surface area contributed by atoms with Gasteiger partial charge in [-0.3, -0.25) is 6.08 Å². The Morgan fingerprint density at radius 3 is 1.59 bits per heavy atom. The molecule has 158 valence electrons. The molecule has 3 aromatic carbocycles. The van der Waals surface area contributed by atoms with Gasteiger partial charge in [-0.2, -0.15) is 11.6 Å². The molecule has 0 aliphatic heterocycles. The van der Waals surface area contributed by atoms with Gasteiger partial charge in [0.2, 0.25) is 0 Å². The molecule has 0 fully saturated rings. The van der Waals surface area contributed by atoms with E-state index in [1.54, 1.807) is 0 Å². The van der Waals surface area contributed by atoms with E-state index >= 15 is 0 Å². The van der Waals surface area contributed by atoms with E-state index in [2.05, 4.69) is 105 Å². The number of halogens is 2. The average molecular weight is 507 g/mol. The fraction of sp³-hybridized carbons (Fsp3) is 0.231. The zero-order valence-corrected chi connectivity index (χ0v) is 22.4. The Morgan fingerprint density at radius 2 is 1.28 bits per heavy atom. The molecule has 0 spiro atoms. The van der Waals surface area contributed by atoms with Crippen molar-refractivity contribution in [1.29, 1.82) is 0 Å². The van der Waals surface area contributed by atoms with Crippen LogP contribution in [0.3, 0.4) is 0 Å². The molecule has 0 radical (unpaired) electrons. The summed E-state index contributed by atoms with van der Waals surface area (Å²) in [6, 6.07) is 19.3. The molecule has 0 heterocycles. The van der Waals surface area contributed by atoms with Crippen molar-refractivity contribution >= 4 is 25.8 Å². The van der Waals surface area contributed by atoms with Gasteiger partial charge in [-0.05, 0) is 0 Å². The van der Waals surface area contributed by atoms with Crippen molar-refractivity contribution in [3.63, 3.8) is 0 Å². The maximum Gasteiger partial charge on any atom is -0.0771 e. The average Bonchev–Trinajstić information content (AvgIpc) is 3.20. The van der Waals surface area contributed by atoms with Crippen LogP contribution < -0.4 is 24.8 Å². The number of benzene rings is 2. The summed E-state index contributed by atoms with van der Waals surface area (Å²) in [5.74, 6) is 0.522. The van der Waals surface area contributed by atoms with Crippen LogP contribution in [0.25, 0.3) is 21.5 Å². The van der Waals surface area contributed by atoms with Gasteiger partial charge in [-0.25, -0.2) is 6.08 Å². The van der Waals surface area contributed by atoms with Crippen LogP contribution in [-0.4, -0.2) is 4.21 Å². The minimum absolute atomic E-state index is 0. The van der Waals surface area contributed by atoms with Gasteiger partial charge >= 0.3 is 28.4 Å². The van der Waals surface area contributed by atoms with E-state index in [0.717, 1.165) is 0 Å². The topological polar surface area (TPSA) is 0 Å². The molecule has 1 unspecified atom stereocenters. The van der Waals surface area contributed by atoms with Crippen LogP contribution in [0.4, 0.5) is 0 Å². The molecule has 1 aliphatic rings. The standard InChI is InChI=1S/C13H9.C10H15.2CH3.CH2.2ClH.Zr/c1-3-7-12-10(5-1)9-11-6-2-4-8-13(11)12;1-8-5-6-9(7-8)10(2,3)4;;;;;;/h1-9H;6-8H,1-4H3;2*1H3;1H2;2*1H;/q4*-1;;;;+2/p-2. The first-order valence-corrected chi connectivity index (χ1v) is 10.4. The zero-order chi connectivity index (χ0) is 18.4. The third-order valence-electron chi connectivity index (χ3n) is 4.32. The first kappa shape index (κ1) is 32.8. The van der Waals surface area contributed by atoms with E-state index in [4.69, 9.17) is 0 Å². The van der Waals surface area contributed by atoms with Crippen molar-refractivity contribution in [1.82, 2.24) is 0 Å². The predicted octanol–water partition coefficient (Wildman–Crippen LogP) is 1.55. The van der Waals surface area contributed by atoms with Crippen molar-refractivity contribution in [2.75, 3.05) is 0 Å². The van der Waals surface area contributed by atoms with Gasteiger partial charge in [-0.15, -0.1) is 39.7 Å². The SMILES string of the molecule is CC1[C-]=CC(C(C)(C)C)=C1.[CH2]=[Zr+2].[CH3-].[CH3-].[Cl-].[Cl-].c1ccc2c(c1)[cH-]c1ccccc12. The van der Waals surface area contributed by atoms with Crippen LogP contribution in [0.5, 0.6) is 0 Å². The van der Waals surface area contributed by atoms with Crippen LogP contribution in [0.2, 0.25) is 0 Å². The second-order valence-corrected chi connectivity index (χ2v) is 7.29. The van der Waals surface area contributed by atoms with Gasteiger partial charge in [0.05, 0.1) is 0 Å². The molecular weight excluding hydrogens is 474 g/mol. The van der Waals surface area contributed by atoms with E-state index in [0.29, 0.717) is 11.3 Å². The van der Waals surface area contributed by atoms with E-state index in [1.165, 1.54) is 51.4 Å². The fourth-order valence-corrected chi connectivity index (χ4v) is 2.96. The summed E-state index contributed by atoms with van der Waals surface area (Å²) in [5.41, 5.74) is 1.72. The molecule has 0 amide bonds. The summed E-state index contributed by atoms with van der Waals surface area (Å²) in [7, 11) is 0. The molecule has 3 aromatic rings. The third-order valence-corrected chi connectivity index (χ3v) is 4.32. The number of hydrogen-bond donors (Lipinski definition) is 0. The van der Waals surface area contributed by atoms with Crippen molar-refractivity contribution < 1.29 is 49.0 Å². The normalized spacial score (nSPS) is 13.9. The van der Waals surface area contributed by atoms with Gasteiger partial charge in [0.1, 0.15) is 0 Å². The van der Waals surface area contributed by atoms with Crippen molar-refractivity contribution in [2.24, 2.45) is 11.3 Å². The van der Waals surface area contributed by atoms with Crippen LogP contribution in [-0.2, 0) is 24.2 Å². The zero-order valence-electron chi connectivity index (χ0n) is 18.4. The summed E-state index contributed by atoms with van der Waals surface area (Å²) < 4.78 is 3.34. The van der Waals surface area contributed by atoms with Gasteiger partial charge in [0.15, 0.2) is 0 Å². The summed E-state index contributed by atoms with van der Waals surface area (Å²) in [6.07, 6.45) is 7.65. The third kappa shape index (κ3) is 8.79. The van der Waals surface area contributed by atoms with Gasteiger partial charge < -0.3 is 39.7 Å². The second kappa shape index (κ2) is 15.0. The Morgan fingerprint density at radius 1 is 0.862 bits per heavy atom.